The molecule has 0 aliphatic carbocycles. The number of nitrogens with two attached hydrogens (primary N) is 1. The van der Waals surface area contributed by atoms with E-state index in [0.29, 0.717) is 12.8 Å². The maximum absolute atomic E-state index is 12.0. The van der Waals surface area contributed by atoms with Crippen molar-refractivity contribution in [1.82, 2.24) is 10.2 Å². The van der Waals surface area contributed by atoms with Gasteiger partial charge in [-0.05, 0) is 19.1 Å². The van der Waals surface area contributed by atoms with E-state index in [-0.39, 0.29) is 18.9 Å². The Morgan fingerprint density at radius 1 is 1.50 bits per heavy atom. The third-order valence-electron chi connectivity index (χ3n) is 3.26. The summed E-state index contributed by atoms with van der Waals surface area (Å²) in [5, 5.41) is 13.6. The highest BCUT2D eigenvalue weighted by atomic mass is 32.2. The van der Waals surface area contributed by atoms with Gasteiger partial charge in [0.2, 0.25) is 0 Å². The van der Waals surface area contributed by atoms with Crippen LogP contribution in [0.3, 0.4) is 0 Å². The first kappa shape index (κ1) is 16.7. The number of thioether (sulfide) groups is 1. The molecule has 6 nitrogen and oxygen atoms in total. The molecule has 0 aromatic heterocycles. The van der Waals surface area contributed by atoms with Gasteiger partial charge in [-0.3, -0.25) is 0 Å². The van der Waals surface area contributed by atoms with Crippen molar-refractivity contribution >= 4 is 23.6 Å². The summed E-state index contributed by atoms with van der Waals surface area (Å²) in [6.45, 7) is -0.849. The normalized spacial score (nSPS) is 19.8. The first-order valence-corrected chi connectivity index (χ1v) is 7.09. The van der Waals surface area contributed by atoms with Crippen molar-refractivity contribution in [2.45, 2.75) is 23.8 Å². The van der Waals surface area contributed by atoms with Crippen molar-refractivity contribution in [1.29, 1.82) is 0 Å². The molecule has 0 bridgehead atoms. The monoisotopic (exact) mass is 314 g/mol. The molecule has 4 N–H and O–H groups in total. The Labute approximate surface area is 118 Å². The molecule has 0 saturated carbocycles. The van der Waals surface area contributed by atoms with Gasteiger partial charge >= 0.3 is 12.2 Å². The highest BCUT2D eigenvalue weighted by Crippen LogP contribution is 2.34. The maximum Gasteiger partial charge on any atom is 0.405 e. The minimum Gasteiger partial charge on any atom is -0.409 e. The van der Waals surface area contributed by atoms with E-state index in [0.717, 1.165) is 0 Å². The molecular weight excluding hydrogens is 297 g/mol. The molecule has 0 radical (unpaired) electrons. The Balaban J connectivity index is 2.55. The largest absolute Gasteiger partial charge is 0.409 e. The minimum absolute atomic E-state index is 0.0698. The molecule has 1 fully saturated rings. The van der Waals surface area contributed by atoms with Crippen LogP contribution in [0.4, 0.5) is 18.0 Å². The number of urea groups is 1. The Bertz CT molecular complexity index is 381. The summed E-state index contributed by atoms with van der Waals surface area (Å²) in [5.74, 6) is 0.0698. The molecule has 1 aliphatic heterocycles. The van der Waals surface area contributed by atoms with E-state index < -0.39 is 23.5 Å². The summed E-state index contributed by atoms with van der Waals surface area (Å²) in [7, 11) is 0. The summed E-state index contributed by atoms with van der Waals surface area (Å²) in [6, 6.07) is -0.753. The predicted octanol–water partition coefficient (Wildman–Crippen LogP) is 1.20. The number of oxime groups is 1. The van der Waals surface area contributed by atoms with Gasteiger partial charge in [-0.1, -0.05) is 5.16 Å². The fourth-order valence-corrected chi connectivity index (χ4v) is 2.86. The fourth-order valence-electron chi connectivity index (χ4n) is 2.01. The first-order valence-electron chi connectivity index (χ1n) is 5.87. The number of nitrogens with zero attached hydrogens (tertiary/aromatic N) is 2. The van der Waals surface area contributed by atoms with Crippen LogP contribution >= 0.6 is 11.8 Å². The Kier molecular flexibility index (Phi) is 5.37. The average molecular weight is 314 g/mol. The molecule has 2 amide bonds. The number of hydrogen-bond acceptors (Lipinski definition) is 4. The predicted molar refractivity (Wildman–Crippen MR) is 69.9 cm³/mol. The number of amides is 2. The quantitative estimate of drug-likeness (QED) is 0.316. The van der Waals surface area contributed by atoms with Crippen LogP contribution in [0.1, 0.15) is 12.8 Å². The summed E-state index contributed by atoms with van der Waals surface area (Å²) in [6.07, 6.45) is -1.78. The molecule has 10 heteroatoms. The van der Waals surface area contributed by atoms with Gasteiger partial charge in [-0.2, -0.15) is 24.9 Å². The Morgan fingerprint density at radius 3 is 2.45 bits per heavy atom. The van der Waals surface area contributed by atoms with Gasteiger partial charge in [0.05, 0.1) is 4.75 Å². The van der Waals surface area contributed by atoms with E-state index in [2.05, 4.69) is 5.16 Å². The lowest BCUT2D eigenvalue weighted by molar-refractivity contribution is -0.123. The number of alkyl halides is 3. The van der Waals surface area contributed by atoms with Crippen LogP contribution in [-0.4, -0.2) is 58.8 Å². The standard InChI is InChI=1S/C10H17F3N4O2S/c1-20-9(7(14)16-19)2-4-17(5-3-9)8(18)15-6-10(11,12)13/h19H,2-6H2,1H3,(H2,14,16)(H,15,18). The molecule has 0 spiro atoms. The molecule has 0 aromatic carbocycles. The second-order valence-corrected chi connectivity index (χ2v) is 5.63. The lowest BCUT2D eigenvalue weighted by atomic mass is 9.94. The van der Waals surface area contributed by atoms with Crippen molar-refractivity contribution in [3.63, 3.8) is 0 Å². The van der Waals surface area contributed by atoms with Gasteiger partial charge in [0.1, 0.15) is 6.54 Å². The SMILES string of the molecule is CSC1(C(N)=NO)CCN(C(=O)NCC(F)(F)F)CC1. The maximum atomic E-state index is 12.0. The van der Waals surface area contributed by atoms with E-state index in [1.807, 2.05) is 5.32 Å². The van der Waals surface area contributed by atoms with Crippen molar-refractivity contribution in [2.24, 2.45) is 10.9 Å². The van der Waals surface area contributed by atoms with E-state index >= 15 is 0 Å². The summed E-state index contributed by atoms with van der Waals surface area (Å²) in [4.78, 5) is 12.9. The van der Waals surface area contributed by atoms with Crippen LogP contribution in [0.25, 0.3) is 0 Å². The third-order valence-corrected chi connectivity index (χ3v) is 4.66. The molecule has 116 valence electrons. The molecule has 0 atom stereocenters. The third kappa shape index (κ3) is 4.09. The molecule has 1 saturated heterocycles. The number of piperidine rings is 1. The lowest BCUT2D eigenvalue weighted by Crippen LogP contribution is -2.54. The Morgan fingerprint density at radius 2 is 2.05 bits per heavy atom. The zero-order chi connectivity index (χ0) is 15.4. The van der Waals surface area contributed by atoms with E-state index in [9.17, 15) is 18.0 Å². The van der Waals surface area contributed by atoms with Crippen LogP contribution in [0.2, 0.25) is 0 Å². The van der Waals surface area contributed by atoms with Crippen LogP contribution in [-0.2, 0) is 0 Å². The van der Waals surface area contributed by atoms with Gasteiger partial charge in [0.15, 0.2) is 5.84 Å². The van der Waals surface area contributed by atoms with Gasteiger partial charge in [-0.25, -0.2) is 4.79 Å². The fraction of sp³-hybridized carbons (Fsp3) is 0.800. The van der Waals surface area contributed by atoms with Crippen LogP contribution < -0.4 is 11.1 Å². The lowest BCUT2D eigenvalue weighted by Gasteiger charge is -2.39. The molecular formula is C10H17F3N4O2S. The van der Waals surface area contributed by atoms with E-state index in [1.165, 1.54) is 16.7 Å². The molecule has 0 unspecified atom stereocenters. The highest BCUT2D eigenvalue weighted by Gasteiger charge is 2.39. The number of rotatable bonds is 3. The zero-order valence-corrected chi connectivity index (χ0v) is 11.7. The highest BCUT2D eigenvalue weighted by molar-refractivity contribution is 8.00. The number of carbonyl (C=O) groups excluding carboxylic acids is 1. The summed E-state index contributed by atoms with van der Waals surface area (Å²) < 4.78 is 35.5. The number of nitrogens with one attached hydrogen (secondary N) is 1. The first-order chi connectivity index (χ1) is 9.24. The van der Waals surface area contributed by atoms with Gasteiger partial charge in [-0.15, -0.1) is 0 Å². The van der Waals surface area contributed by atoms with E-state index in [4.69, 9.17) is 10.9 Å². The smallest absolute Gasteiger partial charge is 0.405 e. The number of hydrogen-bond donors (Lipinski definition) is 3. The molecule has 1 rings (SSSR count). The minimum atomic E-state index is -4.43. The number of halogens is 3. The second kappa shape index (κ2) is 6.42. The summed E-state index contributed by atoms with van der Waals surface area (Å²) >= 11 is 1.40. The Hall–Kier alpha value is -1.32. The van der Waals surface area contributed by atoms with Crippen LogP contribution in [0.15, 0.2) is 5.16 Å². The average Bonchev–Trinajstić information content (AvgIpc) is 2.43. The van der Waals surface area contributed by atoms with Crippen molar-refractivity contribution < 1.29 is 23.2 Å². The topological polar surface area (TPSA) is 91.0 Å². The van der Waals surface area contributed by atoms with Crippen molar-refractivity contribution in [2.75, 3.05) is 25.9 Å². The second-order valence-electron chi connectivity index (χ2n) is 4.44. The molecule has 1 aliphatic rings. The number of carbonyl (C=O) groups is 1. The van der Waals surface area contributed by atoms with Gasteiger partial charge in [0.25, 0.3) is 0 Å². The molecule has 0 aromatic rings. The van der Waals surface area contributed by atoms with E-state index in [1.54, 1.807) is 6.26 Å². The van der Waals surface area contributed by atoms with Crippen LogP contribution in [0, 0.1) is 0 Å². The van der Waals surface area contributed by atoms with Crippen molar-refractivity contribution in [3.05, 3.63) is 0 Å². The zero-order valence-electron chi connectivity index (χ0n) is 10.9. The van der Waals surface area contributed by atoms with Gasteiger partial charge in [0, 0.05) is 13.1 Å². The number of likely N-dealkylation sites (tertiary alicyclic amines) is 1. The van der Waals surface area contributed by atoms with Gasteiger partial charge < -0.3 is 21.2 Å². The molecule has 1 heterocycles. The molecule has 20 heavy (non-hydrogen) atoms. The summed E-state index contributed by atoms with van der Waals surface area (Å²) in [5.41, 5.74) is 5.64. The van der Waals surface area contributed by atoms with Crippen molar-refractivity contribution in [3.8, 4) is 0 Å². The van der Waals surface area contributed by atoms with Crippen LogP contribution in [0.5, 0.6) is 0 Å². The number of amidine groups is 1.